The molecule has 0 fully saturated rings. The molecule has 3 N–H and O–H groups in total. The molecule has 0 aromatic heterocycles. The fourth-order valence-corrected chi connectivity index (χ4v) is 7.21. The lowest BCUT2D eigenvalue weighted by Gasteiger charge is -2.15. The maximum atomic E-state index is 12.3. The number of rotatable bonds is 61. The molecule has 436 valence electrons. The molecule has 0 saturated carbocycles. The van der Waals surface area contributed by atoms with E-state index in [0.29, 0.717) is 204 Å². The van der Waals surface area contributed by atoms with Crippen LogP contribution in [0.1, 0.15) is 129 Å². The van der Waals surface area contributed by atoms with Crippen LogP contribution in [-0.4, -0.2) is 211 Å². The van der Waals surface area contributed by atoms with E-state index in [-0.39, 0.29) is 42.3 Å². The Labute approximate surface area is 447 Å². The molecule has 1 unspecified atom stereocenters. The van der Waals surface area contributed by atoms with E-state index in [0.717, 1.165) is 37.0 Å². The number of ketones is 2. The van der Waals surface area contributed by atoms with E-state index < -0.39 is 11.9 Å². The van der Waals surface area contributed by atoms with Gasteiger partial charge < -0.3 is 67.9 Å². The van der Waals surface area contributed by atoms with Gasteiger partial charge >= 0.3 is 0 Å². The summed E-state index contributed by atoms with van der Waals surface area (Å²) in [5.41, 5.74) is 5.53. The Balaban J connectivity index is 1.70. The highest BCUT2D eigenvalue weighted by molar-refractivity contribution is 6.13. The van der Waals surface area contributed by atoms with Crippen LogP contribution in [0, 0.1) is 0 Å². The molecule has 0 aliphatic carbocycles. The molecule has 75 heavy (non-hydrogen) atoms. The van der Waals surface area contributed by atoms with Gasteiger partial charge in [-0.1, -0.05) is 71.1 Å². The quantitative estimate of drug-likeness (QED) is 0.0621. The van der Waals surface area contributed by atoms with Crippen LogP contribution in [0.2, 0.25) is 0 Å². The zero-order chi connectivity index (χ0) is 54.3. The third-order valence-electron chi connectivity index (χ3n) is 11.5. The van der Waals surface area contributed by atoms with Crippen molar-refractivity contribution in [2.45, 2.75) is 135 Å². The second-order valence-corrected chi connectivity index (χ2v) is 17.9. The Hall–Kier alpha value is -3.32. The van der Waals surface area contributed by atoms with Gasteiger partial charge in [-0.25, -0.2) is 0 Å². The lowest BCUT2D eigenvalue weighted by Crippen LogP contribution is -2.44. The van der Waals surface area contributed by atoms with Gasteiger partial charge in [0.05, 0.1) is 152 Å². The van der Waals surface area contributed by atoms with Gasteiger partial charge in [0.15, 0.2) is 0 Å². The zero-order valence-corrected chi connectivity index (χ0v) is 45.7. The molecular weight excluding hydrogens is 979 g/mol. The average Bonchev–Trinajstić information content (AvgIpc) is 3.72. The summed E-state index contributed by atoms with van der Waals surface area (Å²) >= 11 is 0. The minimum atomic E-state index is -0.664. The van der Waals surface area contributed by atoms with Crippen molar-refractivity contribution >= 4 is 35.2 Å². The zero-order valence-electron chi connectivity index (χ0n) is 45.7. The summed E-state index contributed by atoms with van der Waals surface area (Å²) in [6, 6.07) is -0.664. The number of hydrogen-bond acceptors (Lipinski definition) is 18. The smallest absolute Gasteiger partial charge is 0.253 e. The molecule has 0 spiro atoms. The lowest BCUT2D eigenvalue weighted by molar-refractivity contribution is -0.137. The van der Waals surface area contributed by atoms with Gasteiger partial charge in [0.25, 0.3) is 11.8 Å². The first-order valence-corrected chi connectivity index (χ1v) is 27.8. The van der Waals surface area contributed by atoms with E-state index in [1.54, 1.807) is 0 Å². The Morgan fingerprint density at radius 1 is 0.400 bits per heavy atom. The predicted molar refractivity (Wildman–Crippen MR) is 280 cm³/mol. The maximum absolute atomic E-state index is 12.3. The van der Waals surface area contributed by atoms with E-state index in [4.69, 9.17) is 62.6 Å². The van der Waals surface area contributed by atoms with Crippen molar-refractivity contribution in [3.63, 3.8) is 0 Å². The highest BCUT2D eigenvalue weighted by Crippen LogP contribution is 2.12. The van der Waals surface area contributed by atoms with Crippen LogP contribution in [0.4, 0.5) is 0 Å². The molecule has 0 bridgehead atoms. The van der Waals surface area contributed by atoms with Gasteiger partial charge in [-0.3, -0.25) is 33.7 Å². The van der Waals surface area contributed by atoms with Crippen molar-refractivity contribution in [3.8, 4) is 0 Å². The molecule has 21 heteroatoms. The third kappa shape index (κ3) is 47.6. The molecule has 1 heterocycles. The van der Waals surface area contributed by atoms with Crippen molar-refractivity contribution < 1.29 is 85.6 Å². The van der Waals surface area contributed by atoms with Crippen molar-refractivity contribution in [2.24, 2.45) is 5.73 Å². The van der Waals surface area contributed by atoms with Gasteiger partial charge in [-0.05, 0) is 25.7 Å². The second kappa shape index (κ2) is 54.1. The van der Waals surface area contributed by atoms with E-state index in [9.17, 15) is 28.8 Å². The summed E-state index contributed by atoms with van der Waals surface area (Å²) in [6.07, 6.45) is 18.0. The van der Waals surface area contributed by atoms with Crippen LogP contribution in [0.25, 0.3) is 0 Å². The molecule has 0 aromatic rings. The number of carbonyl (C=O) groups is 6. The minimum absolute atomic E-state index is 0.0104. The van der Waals surface area contributed by atoms with Gasteiger partial charge in [-0.2, -0.15) is 0 Å². The number of hydrogen-bond donors (Lipinski definition) is 2. The van der Waals surface area contributed by atoms with Crippen molar-refractivity contribution in [3.05, 3.63) is 12.2 Å². The number of nitrogens with zero attached hydrogens (tertiary/aromatic N) is 1. The summed E-state index contributed by atoms with van der Waals surface area (Å²) in [7, 11) is 0. The number of ether oxygens (including phenoxy) is 12. The molecular formula is C54H97N3O18. The monoisotopic (exact) mass is 1080 g/mol. The molecule has 1 atom stereocenters. The molecule has 21 nitrogen and oxygen atoms in total. The summed E-state index contributed by atoms with van der Waals surface area (Å²) in [4.78, 5) is 72.4. The van der Waals surface area contributed by atoms with Crippen molar-refractivity contribution in [2.75, 3.05) is 165 Å². The Kier molecular flexibility index (Phi) is 50.2. The van der Waals surface area contributed by atoms with Crippen LogP contribution < -0.4 is 11.1 Å². The van der Waals surface area contributed by atoms with Gasteiger partial charge in [0, 0.05) is 57.4 Å². The first-order valence-electron chi connectivity index (χ1n) is 27.8. The lowest BCUT2D eigenvalue weighted by atomic mass is 10.0. The number of nitrogens with two attached hydrogens (primary N) is 1. The molecule has 4 amide bonds. The molecule has 0 saturated heterocycles. The molecule has 1 aliphatic heterocycles. The van der Waals surface area contributed by atoms with E-state index in [1.807, 2.05) is 0 Å². The first kappa shape index (κ1) is 69.7. The summed E-state index contributed by atoms with van der Waals surface area (Å²) in [5.74, 6) is -1.26. The second-order valence-electron chi connectivity index (χ2n) is 17.9. The van der Waals surface area contributed by atoms with E-state index in [2.05, 4.69) is 12.2 Å². The largest absolute Gasteiger partial charge is 0.379 e. The average molecular weight is 1080 g/mol. The van der Waals surface area contributed by atoms with Crippen LogP contribution in [-0.2, 0) is 85.6 Å². The van der Waals surface area contributed by atoms with Gasteiger partial charge in [0.1, 0.15) is 17.6 Å². The number of unbranched alkanes of at least 4 members (excludes halogenated alkanes) is 10. The predicted octanol–water partition coefficient (Wildman–Crippen LogP) is 4.65. The molecule has 1 aliphatic rings. The standard InChI is InChI=1S/C54H97N3O18/c1-2-3-4-5-6-7-8-9-13-18-51(60)56-50(54(55)63)17-12-10-11-15-49(59)22-25-65-27-29-67-31-33-69-35-37-71-39-41-73-43-45-75-47-46-74-44-42-72-40-38-70-36-34-68-32-30-66-28-26-64-24-14-16-48(58)21-23-57-52(61)19-20-53(57)62/h19-20,50H,2-18,21-47H2,1H3,(H2,55,63)(H,56,60). The van der Waals surface area contributed by atoms with Crippen LogP contribution in [0.15, 0.2) is 12.2 Å². The Morgan fingerprint density at radius 3 is 1.12 bits per heavy atom. The number of nitrogens with one attached hydrogen (secondary N) is 1. The highest BCUT2D eigenvalue weighted by Gasteiger charge is 2.23. The minimum Gasteiger partial charge on any atom is -0.379 e. The number of Topliss-reactive ketones (excluding diaryl/α,β-unsaturated/α-hetero) is 2. The SMILES string of the molecule is CCCCCCCCCCCC(=O)NC(CCCCCC(=O)CCOCCOCCOCCOCCOCCOCCOCCOCCOCCOCCOCCOCCCC(=O)CCN1C(=O)C=CC1=O)C(N)=O. The summed E-state index contributed by atoms with van der Waals surface area (Å²) in [6.45, 7) is 13.0. The number of primary amides is 1. The molecule has 0 radical (unpaired) electrons. The van der Waals surface area contributed by atoms with Gasteiger partial charge in [-0.15, -0.1) is 0 Å². The molecule has 0 aromatic carbocycles. The fraction of sp³-hybridized carbons (Fsp3) is 0.852. The van der Waals surface area contributed by atoms with Crippen LogP contribution in [0.5, 0.6) is 0 Å². The third-order valence-corrected chi connectivity index (χ3v) is 11.5. The topological polar surface area (TPSA) is 254 Å². The van der Waals surface area contributed by atoms with Gasteiger partial charge in [0.2, 0.25) is 11.8 Å². The first-order chi connectivity index (χ1) is 36.7. The Morgan fingerprint density at radius 2 is 0.720 bits per heavy atom. The van der Waals surface area contributed by atoms with Crippen LogP contribution in [0.3, 0.4) is 0 Å². The highest BCUT2D eigenvalue weighted by atomic mass is 16.6. The number of amides is 4. The van der Waals surface area contributed by atoms with Crippen molar-refractivity contribution in [1.82, 2.24) is 10.2 Å². The summed E-state index contributed by atoms with van der Waals surface area (Å²) in [5, 5.41) is 2.79. The Bertz CT molecular complexity index is 1420. The van der Waals surface area contributed by atoms with Crippen molar-refractivity contribution in [1.29, 1.82) is 0 Å². The number of imide groups is 1. The maximum Gasteiger partial charge on any atom is 0.253 e. The normalized spacial score (nSPS) is 12.8. The van der Waals surface area contributed by atoms with E-state index >= 15 is 0 Å². The van der Waals surface area contributed by atoms with Crippen LogP contribution >= 0.6 is 0 Å². The fourth-order valence-electron chi connectivity index (χ4n) is 7.21. The molecule has 1 rings (SSSR count). The summed E-state index contributed by atoms with van der Waals surface area (Å²) < 4.78 is 66.0. The number of carbonyl (C=O) groups excluding carboxylic acids is 6. The van der Waals surface area contributed by atoms with E-state index in [1.165, 1.54) is 50.7 Å².